The largest absolute Gasteiger partial charge is 0.497 e. The lowest BCUT2D eigenvalue weighted by Crippen LogP contribution is -2.26. The topological polar surface area (TPSA) is 67.0 Å². The van der Waals surface area contributed by atoms with E-state index in [-0.39, 0.29) is 5.91 Å². The normalized spacial score (nSPS) is 11.1. The van der Waals surface area contributed by atoms with Gasteiger partial charge in [0.25, 0.3) is 5.91 Å². The van der Waals surface area contributed by atoms with Crippen LogP contribution in [0.25, 0.3) is 33.1 Å². The summed E-state index contributed by atoms with van der Waals surface area (Å²) in [6.07, 6.45) is 0.732. The second-order valence-electron chi connectivity index (χ2n) is 8.17. The molecule has 5 nitrogen and oxygen atoms in total. The maximum Gasteiger partial charge on any atom is 0.269 e. The van der Waals surface area contributed by atoms with Gasteiger partial charge in [0, 0.05) is 28.4 Å². The van der Waals surface area contributed by atoms with Crippen LogP contribution < -0.4 is 10.1 Å². The molecule has 0 radical (unpaired) electrons. The van der Waals surface area contributed by atoms with E-state index in [1.54, 1.807) is 7.11 Å². The number of nitrogens with zero attached hydrogens (tertiary/aromatic N) is 1. The Hall–Kier alpha value is -4.12. The predicted molar refractivity (Wildman–Crippen MR) is 133 cm³/mol. The van der Waals surface area contributed by atoms with Gasteiger partial charge in [0.05, 0.1) is 18.3 Å². The molecule has 0 saturated carbocycles. The van der Waals surface area contributed by atoms with Crippen LogP contribution in [0, 0.1) is 6.92 Å². The maximum absolute atomic E-state index is 13.1. The Morgan fingerprint density at radius 3 is 2.48 bits per heavy atom. The van der Waals surface area contributed by atoms with E-state index in [9.17, 15) is 4.79 Å². The van der Waals surface area contributed by atoms with Gasteiger partial charge < -0.3 is 15.0 Å². The Balaban J connectivity index is 1.47. The number of fused-ring (bicyclic) bond motifs is 3. The smallest absolute Gasteiger partial charge is 0.269 e. The molecule has 0 spiro atoms. The van der Waals surface area contributed by atoms with E-state index in [4.69, 9.17) is 9.72 Å². The van der Waals surface area contributed by atoms with Crippen LogP contribution in [0.5, 0.6) is 5.75 Å². The van der Waals surface area contributed by atoms with Gasteiger partial charge in [0.15, 0.2) is 0 Å². The van der Waals surface area contributed by atoms with Crippen molar-refractivity contribution in [2.45, 2.75) is 13.3 Å². The van der Waals surface area contributed by atoms with E-state index < -0.39 is 0 Å². The number of rotatable bonds is 6. The molecule has 0 atom stereocenters. The molecular formula is C28H25N3O2. The number of carbonyl (C=O) groups is 1. The SMILES string of the molecule is COc1ccc(CCNC(=O)c2cc3c([nH]c4ccccc43)c(-c3ccc(C)cc3)n2)cc1. The summed E-state index contributed by atoms with van der Waals surface area (Å²) in [5.74, 6) is 0.645. The number of hydrogen-bond donors (Lipinski definition) is 2. The van der Waals surface area contributed by atoms with E-state index in [1.807, 2.05) is 60.7 Å². The standard InChI is InChI=1S/C28H25N3O2/c1-18-7-11-20(12-8-18)26-27-23(22-5-3-4-6-24(22)30-27)17-25(31-26)28(32)29-16-15-19-9-13-21(33-2)14-10-19/h3-14,17,30H,15-16H2,1-2H3,(H,29,32). The minimum absolute atomic E-state index is 0.177. The second-order valence-corrected chi connectivity index (χ2v) is 8.17. The third-order valence-electron chi connectivity index (χ3n) is 5.91. The summed E-state index contributed by atoms with van der Waals surface area (Å²) in [5.41, 5.74) is 6.46. The van der Waals surface area contributed by atoms with Gasteiger partial charge in [-0.2, -0.15) is 0 Å². The fourth-order valence-corrected chi connectivity index (χ4v) is 4.09. The van der Waals surface area contributed by atoms with Crippen LogP contribution >= 0.6 is 0 Å². The van der Waals surface area contributed by atoms with E-state index in [0.29, 0.717) is 12.2 Å². The zero-order valence-electron chi connectivity index (χ0n) is 18.7. The summed E-state index contributed by atoms with van der Waals surface area (Å²) in [6, 6.07) is 26.1. The highest BCUT2D eigenvalue weighted by atomic mass is 16.5. The Kier molecular flexibility index (Phi) is 5.53. The number of H-pyrrole nitrogens is 1. The first-order valence-corrected chi connectivity index (χ1v) is 11.0. The minimum atomic E-state index is -0.177. The number of para-hydroxylation sites is 1. The summed E-state index contributed by atoms with van der Waals surface area (Å²) in [5, 5.41) is 5.10. The number of aromatic amines is 1. The first-order chi connectivity index (χ1) is 16.1. The number of pyridine rings is 1. The monoisotopic (exact) mass is 435 g/mol. The van der Waals surface area contributed by atoms with Crippen molar-refractivity contribution in [2.75, 3.05) is 13.7 Å². The van der Waals surface area contributed by atoms with Gasteiger partial charge in [-0.3, -0.25) is 4.79 Å². The van der Waals surface area contributed by atoms with E-state index in [0.717, 1.165) is 50.8 Å². The fourth-order valence-electron chi connectivity index (χ4n) is 4.09. The van der Waals surface area contributed by atoms with Crippen molar-refractivity contribution in [1.82, 2.24) is 15.3 Å². The van der Waals surface area contributed by atoms with Crippen molar-refractivity contribution < 1.29 is 9.53 Å². The zero-order valence-corrected chi connectivity index (χ0v) is 18.7. The molecule has 0 aliphatic carbocycles. The third-order valence-corrected chi connectivity index (χ3v) is 5.91. The summed E-state index contributed by atoms with van der Waals surface area (Å²) >= 11 is 0. The number of amides is 1. The molecule has 5 aromatic rings. The van der Waals surface area contributed by atoms with Gasteiger partial charge in [-0.05, 0) is 43.2 Å². The average Bonchev–Trinajstić information content (AvgIpc) is 3.23. The van der Waals surface area contributed by atoms with Crippen molar-refractivity contribution in [3.05, 3.63) is 95.7 Å². The molecule has 5 rings (SSSR count). The molecule has 0 unspecified atom stereocenters. The highest BCUT2D eigenvalue weighted by Gasteiger charge is 2.17. The van der Waals surface area contributed by atoms with Crippen LogP contribution in [-0.4, -0.2) is 29.5 Å². The summed E-state index contributed by atoms with van der Waals surface area (Å²) < 4.78 is 5.20. The molecule has 0 bridgehead atoms. The first-order valence-electron chi connectivity index (χ1n) is 11.0. The Bertz CT molecular complexity index is 1430. The van der Waals surface area contributed by atoms with Gasteiger partial charge in [-0.25, -0.2) is 4.98 Å². The van der Waals surface area contributed by atoms with E-state index >= 15 is 0 Å². The molecule has 5 heteroatoms. The third kappa shape index (κ3) is 4.17. The van der Waals surface area contributed by atoms with Crippen LogP contribution in [-0.2, 0) is 6.42 Å². The van der Waals surface area contributed by atoms with Crippen LogP contribution in [0.2, 0.25) is 0 Å². The fraction of sp³-hybridized carbons (Fsp3) is 0.143. The lowest BCUT2D eigenvalue weighted by molar-refractivity contribution is 0.0949. The number of hydrogen-bond acceptors (Lipinski definition) is 3. The number of aryl methyl sites for hydroxylation is 1. The summed E-state index contributed by atoms with van der Waals surface area (Å²) in [4.78, 5) is 21.4. The number of ether oxygens (including phenoxy) is 1. The van der Waals surface area contributed by atoms with Crippen LogP contribution in [0.1, 0.15) is 21.6 Å². The molecule has 1 amide bonds. The molecule has 164 valence electrons. The molecule has 0 aliphatic heterocycles. The number of nitrogens with one attached hydrogen (secondary N) is 2. The lowest BCUT2D eigenvalue weighted by atomic mass is 10.0. The second kappa shape index (κ2) is 8.79. The van der Waals surface area contributed by atoms with Gasteiger partial charge >= 0.3 is 0 Å². The average molecular weight is 436 g/mol. The summed E-state index contributed by atoms with van der Waals surface area (Å²) in [6.45, 7) is 2.58. The highest BCUT2D eigenvalue weighted by Crippen LogP contribution is 2.32. The predicted octanol–water partition coefficient (Wildman–Crippen LogP) is 5.67. The zero-order chi connectivity index (χ0) is 22.8. The summed E-state index contributed by atoms with van der Waals surface area (Å²) in [7, 11) is 1.65. The number of carbonyl (C=O) groups excluding carboxylic acids is 1. The quantitative estimate of drug-likeness (QED) is 0.361. The van der Waals surface area contributed by atoms with Crippen molar-refractivity contribution in [1.29, 1.82) is 0 Å². The van der Waals surface area contributed by atoms with Crippen molar-refractivity contribution in [3.63, 3.8) is 0 Å². The van der Waals surface area contributed by atoms with Crippen molar-refractivity contribution in [3.8, 4) is 17.0 Å². The van der Waals surface area contributed by atoms with Crippen molar-refractivity contribution in [2.24, 2.45) is 0 Å². The molecule has 33 heavy (non-hydrogen) atoms. The molecule has 3 aromatic carbocycles. The number of methoxy groups -OCH3 is 1. The van der Waals surface area contributed by atoms with E-state index in [2.05, 4.69) is 35.4 Å². The van der Waals surface area contributed by atoms with Crippen LogP contribution in [0.15, 0.2) is 78.9 Å². The molecule has 2 heterocycles. The molecule has 0 saturated heterocycles. The molecule has 2 N–H and O–H groups in total. The van der Waals surface area contributed by atoms with Crippen LogP contribution in [0.4, 0.5) is 0 Å². The highest BCUT2D eigenvalue weighted by molar-refractivity contribution is 6.13. The molecular weight excluding hydrogens is 410 g/mol. The van der Waals surface area contributed by atoms with Gasteiger partial charge in [0.2, 0.25) is 0 Å². The minimum Gasteiger partial charge on any atom is -0.497 e. The molecule has 2 aromatic heterocycles. The van der Waals surface area contributed by atoms with Crippen molar-refractivity contribution >= 4 is 27.7 Å². The molecule has 0 fully saturated rings. The first kappa shape index (κ1) is 20.8. The number of aromatic nitrogens is 2. The van der Waals surface area contributed by atoms with Gasteiger partial charge in [-0.15, -0.1) is 0 Å². The van der Waals surface area contributed by atoms with Crippen LogP contribution in [0.3, 0.4) is 0 Å². The Morgan fingerprint density at radius 2 is 1.73 bits per heavy atom. The lowest BCUT2D eigenvalue weighted by Gasteiger charge is -2.09. The number of benzene rings is 3. The Labute approximate surface area is 192 Å². The van der Waals surface area contributed by atoms with Gasteiger partial charge in [-0.1, -0.05) is 60.2 Å². The van der Waals surface area contributed by atoms with Gasteiger partial charge in [0.1, 0.15) is 11.4 Å². The Morgan fingerprint density at radius 1 is 0.970 bits per heavy atom. The molecule has 0 aliphatic rings. The maximum atomic E-state index is 13.1. The van der Waals surface area contributed by atoms with E-state index in [1.165, 1.54) is 5.56 Å².